The lowest BCUT2D eigenvalue weighted by Gasteiger charge is -2.37. The molecule has 0 heterocycles. The van der Waals surface area contributed by atoms with Gasteiger partial charge in [-0.05, 0) is 84.0 Å². The lowest BCUT2D eigenvalue weighted by molar-refractivity contribution is -0.176. The molecule has 4 aliphatic carbocycles. The standard InChI is InChI=1S/C22H32O4/c1-21(2,3)20(24)26-18-7-5-11-22(18)10-4-6-17(22)25-19(23)16-13-14-8-9-15(16)12-14/h8-9,14-18H,4-7,10-13H2,1-3H3/t14-,15+,16-,17+,18+,22+/m1/s1. The van der Waals surface area contributed by atoms with E-state index in [-0.39, 0.29) is 35.5 Å². The summed E-state index contributed by atoms with van der Waals surface area (Å²) in [7, 11) is 0. The highest BCUT2D eigenvalue weighted by molar-refractivity contribution is 5.76. The van der Waals surface area contributed by atoms with Crippen LogP contribution in [0.1, 0.15) is 72.1 Å². The number of fused-ring (bicyclic) bond motifs is 2. The van der Waals surface area contributed by atoms with E-state index in [9.17, 15) is 9.59 Å². The van der Waals surface area contributed by atoms with Crippen LogP contribution < -0.4 is 0 Å². The quantitative estimate of drug-likeness (QED) is 0.552. The van der Waals surface area contributed by atoms with E-state index in [1.807, 2.05) is 20.8 Å². The zero-order valence-corrected chi connectivity index (χ0v) is 16.3. The molecule has 6 atom stereocenters. The van der Waals surface area contributed by atoms with Gasteiger partial charge in [0.2, 0.25) is 0 Å². The third-order valence-corrected chi connectivity index (χ3v) is 7.20. The Labute approximate surface area is 156 Å². The van der Waals surface area contributed by atoms with E-state index in [1.165, 1.54) is 0 Å². The van der Waals surface area contributed by atoms with E-state index >= 15 is 0 Å². The van der Waals surface area contributed by atoms with Gasteiger partial charge in [0.25, 0.3) is 0 Å². The Morgan fingerprint density at radius 1 is 0.962 bits per heavy atom. The molecule has 0 aliphatic heterocycles. The van der Waals surface area contributed by atoms with E-state index in [4.69, 9.17) is 9.47 Å². The number of allylic oxidation sites excluding steroid dienone is 2. The number of carbonyl (C=O) groups is 2. The number of esters is 2. The average molecular weight is 360 g/mol. The third-order valence-electron chi connectivity index (χ3n) is 7.20. The van der Waals surface area contributed by atoms with Crippen LogP contribution in [-0.4, -0.2) is 24.1 Å². The molecule has 0 aromatic rings. The highest BCUT2D eigenvalue weighted by Crippen LogP contribution is 2.54. The molecule has 4 nitrogen and oxygen atoms in total. The Morgan fingerprint density at radius 2 is 1.62 bits per heavy atom. The van der Waals surface area contributed by atoms with Gasteiger partial charge in [-0.15, -0.1) is 0 Å². The van der Waals surface area contributed by atoms with Crippen molar-refractivity contribution in [1.82, 2.24) is 0 Å². The minimum Gasteiger partial charge on any atom is -0.461 e. The predicted octanol–water partition coefficient (Wildman–Crippen LogP) is 4.42. The number of carbonyl (C=O) groups excluding carboxylic acids is 2. The highest BCUT2D eigenvalue weighted by Gasteiger charge is 2.56. The molecule has 0 aromatic carbocycles. The van der Waals surface area contributed by atoms with Crippen LogP contribution >= 0.6 is 0 Å². The Bertz CT molecular complexity index is 612. The first-order valence-corrected chi connectivity index (χ1v) is 10.4. The first kappa shape index (κ1) is 18.1. The summed E-state index contributed by atoms with van der Waals surface area (Å²) >= 11 is 0. The van der Waals surface area contributed by atoms with Crippen molar-refractivity contribution in [3.05, 3.63) is 12.2 Å². The van der Waals surface area contributed by atoms with Crippen molar-refractivity contribution in [1.29, 1.82) is 0 Å². The van der Waals surface area contributed by atoms with Crippen LogP contribution in [0.5, 0.6) is 0 Å². The molecular formula is C22H32O4. The van der Waals surface area contributed by atoms with Gasteiger partial charge in [-0.2, -0.15) is 0 Å². The molecule has 1 spiro atoms. The Hall–Kier alpha value is -1.32. The van der Waals surface area contributed by atoms with Gasteiger partial charge in [0, 0.05) is 5.41 Å². The van der Waals surface area contributed by atoms with Gasteiger partial charge >= 0.3 is 11.9 Å². The highest BCUT2D eigenvalue weighted by atomic mass is 16.6. The molecule has 0 N–H and O–H groups in total. The topological polar surface area (TPSA) is 52.6 Å². The zero-order valence-electron chi connectivity index (χ0n) is 16.3. The first-order valence-electron chi connectivity index (χ1n) is 10.4. The normalized spacial score (nSPS) is 41.1. The summed E-state index contributed by atoms with van der Waals surface area (Å²) in [5, 5.41) is 0. The summed E-state index contributed by atoms with van der Waals surface area (Å²) in [5.41, 5.74) is -0.645. The minimum atomic E-state index is -0.496. The van der Waals surface area contributed by atoms with Crippen LogP contribution in [0.4, 0.5) is 0 Å². The summed E-state index contributed by atoms with van der Waals surface area (Å²) in [6.07, 6.45) is 12.2. The number of ether oxygens (including phenoxy) is 2. The maximum Gasteiger partial charge on any atom is 0.311 e. The van der Waals surface area contributed by atoms with Crippen molar-refractivity contribution < 1.29 is 19.1 Å². The monoisotopic (exact) mass is 360 g/mol. The Morgan fingerprint density at radius 3 is 2.15 bits per heavy atom. The molecule has 4 rings (SSSR count). The summed E-state index contributed by atoms with van der Waals surface area (Å²) in [4.78, 5) is 25.3. The van der Waals surface area contributed by atoms with Crippen LogP contribution in [0.15, 0.2) is 12.2 Å². The van der Waals surface area contributed by atoms with Crippen LogP contribution in [0.25, 0.3) is 0 Å². The zero-order chi connectivity index (χ0) is 18.5. The van der Waals surface area contributed by atoms with Crippen LogP contribution in [-0.2, 0) is 19.1 Å². The maximum absolute atomic E-state index is 12.9. The molecule has 3 fully saturated rings. The van der Waals surface area contributed by atoms with Crippen LogP contribution in [0.3, 0.4) is 0 Å². The van der Waals surface area contributed by atoms with Crippen molar-refractivity contribution in [3.63, 3.8) is 0 Å². The second-order valence-electron chi connectivity index (χ2n) is 9.97. The SMILES string of the molecule is CC(C)(C)C(=O)O[C@H]1CCC[C@]12CCC[C@@H]2OC(=O)[C@@H]1C[C@@H]2C=C[C@H]1C2. The van der Waals surface area contributed by atoms with E-state index < -0.39 is 5.41 Å². The largest absolute Gasteiger partial charge is 0.461 e. The molecule has 4 heteroatoms. The molecule has 0 amide bonds. The fourth-order valence-corrected chi connectivity index (χ4v) is 5.72. The second kappa shape index (κ2) is 6.38. The smallest absolute Gasteiger partial charge is 0.311 e. The average Bonchev–Trinajstić information content (AvgIpc) is 3.34. The molecular weight excluding hydrogens is 328 g/mol. The van der Waals surface area contributed by atoms with Gasteiger partial charge in [0.1, 0.15) is 12.2 Å². The Balaban J connectivity index is 1.45. The van der Waals surface area contributed by atoms with E-state index in [0.717, 1.165) is 51.4 Å². The molecule has 2 bridgehead atoms. The van der Waals surface area contributed by atoms with E-state index in [1.54, 1.807) is 0 Å². The fraction of sp³-hybridized carbons (Fsp3) is 0.818. The fourth-order valence-electron chi connectivity index (χ4n) is 5.72. The molecule has 26 heavy (non-hydrogen) atoms. The summed E-state index contributed by atoms with van der Waals surface area (Å²) < 4.78 is 12.1. The summed E-state index contributed by atoms with van der Waals surface area (Å²) in [6.45, 7) is 5.68. The molecule has 3 saturated carbocycles. The minimum absolute atomic E-state index is 0.0130. The number of hydrogen-bond donors (Lipinski definition) is 0. The van der Waals surface area contributed by atoms with Crippen molar-refractivity contribution >= 4 is 11.9 Å². The molecule has 144 valence electrons. The van der Waals surface area contributed by atoms with Crippen molar-refractivity contribution in [3.8, 4) is 0 Å². The van der Waals surface area contributed by atoms with Gasteiger partial charge in [-0.1, -0.05) is 12.2 Å². The van der Waals surface area contributed by atoms with Gasteiger partial charge in [0.15, 0.2) is 0 Å². The number of hydrogen-bond acceptors (Lipinski definition) is 4. The van der Waals surface area contributed by atoms with Crippen LogP contribution in [0.2, 0.25) is 0 Å². The lowest BCUT2D eigenvalue weighted by Crippen LogP contribution is -2.44. The van der Waals surface area contributed by atoms with Crippen molar-refractivity contribution in [2.45, 2.75) is 84.3 Å². The summed E-state index contributed by atoms with van der Waals surface area (Å²) in [5.74, 6) is 0.838. The van der Waals surface area contributed by atoms with E-state index in [0.29, 0.717) is 11.8 Å². The predicted molar refractivity (Wildman–Crippen MR) is 98.2 cm³/mol. The van der Waals surface area contributed by atoms with Crippen molar-refractivity contribution in [2.24, 2.45) is 28.6 Å². The Kier molecular flexibility index (Phi) is 4.44. The first-order chi connectivity index (χ1) is 12.3. The second-order valence-corrected chi connectivity index (χ2v) is 9.97. The number of rotatable bonds is 3. The molecule has 0 unspecified atom stereocenters. The van der Waals surface area contributed by atoms with Crippen molar-refractivity contribution in [2.75, 3.05) is 0 Å². The van der Waals surface area contributed by atoms with Gasteiger partial charge in [0.05, 0.1) is 11.3 Å². The molecule has 4 aliphatic rings. The van der Waals surface area contributed by atoms with E-state index in [2.05, 4.69) is 12.2 Å². The lowest BCUT2D eigenvalue weighted by atomic mass is 9.79. The van der Waals surface area contributed by atoms with Gasteiger partial charge < -0.3 is 9.47 Å². The molecule has 0 saturated heterocycles. The maximum atomic E-state index is 12.9. The molecule has 0 radical (unpaired) electrons. The van der Waals surface area contributed by atoms with Crippen LogP contribution in [0, 0.1) is 28.6 Å². The van der Waals surface area contributed by atoms with Gasteiger partial charge in [-0.25, -0.2) is 0 Å². The third kappa shape index (κ3) is 2.99. The van der Waals surface area contributed by atoms with Gasteiger partial charge in [-0.3, -0.25) is 9.59 Å². The molecule has 0 aromatic heterocycles. The summed E-state index contributed by atoms with van der Waals surface area (Å²) in [6, 6.07) is 0.